The maximum absolute atomic E-state index is 10.2. The molecule has 1 saturated carbocycles. The minimum atomic E-state index is -0.0224. The van der Waals surface area contributed by atoms with Gasteiger partial charge in [-0.25, -0.2) is 0 Å². The van der Waals surface area contributed by atoms with E-state index in [1.165, 1.54) is 48.9 Å². The lowest BCUT2D eigenvalue weighted by molar-refractivity contribution is 0.0412. The molecule has 2 aliphatic rings. The van der Waals surface area contributed by atoms with Crippen LogP contribution in [-0.4, -0.2) is 47.0 Å². The van der Waals surface area contributed by atoms with Crippen molar-refractivity contribution in [2.75, 3.05) is 26.8 Å². The maximum Gasteiger partial charge on any atom is 0.119 e. The molecule has 4 rings (SSSR count). The molecular formula is C24H35N3O2. The van der Waals surface area contributed by atoms with Gasteiger partial charge in [0.15, 0.2) is 0 Å². The van der Waals surface area contributed by atoms with Crippen molar-refractivity contribution in [1.82, 2.24) is 15.1 Å². The van der Waals surface area contributed by atoms with Gasteiger partial charge in [-0.05, 0) is 68.3 Å². The fourth-order valence-electron chi connectivity index (χ4n) is 5.22. The normalized spacial score (nSPS) is 20.6. The van der Waals surface area contributed by atoms with Gasteiger partial charge in [-0.2, -0.15) is 5.10 Å². The molecule has 1 aliphatic heterocycles. The molecule has 5 heteroatoms. The van der Waals surface area contributed by atoms with E-state index in [9.17, 15) is 5.11 Å². The zero-order chi connectivity index (χ0) is 20.1. The maximum atomic E-state index is 10.2. The van der Waals surface area contributed by atoms with E-state index in [1.54, 1.807) is 7.11 Å². The molecular weight excluding hydrogens is 362 g/mol. The van der Waals surface area contributed by atoms with E-state index in [2.05, 4.69) is 27.2 Å². The van der Waals surface area contributed by atoms with Crippen LogP contribution in [0.5, 0.6) is 5.75 Å². The molecule has 1 aromatic heterocycles. The Morgan fingerprint density at radius 1 is 1.21 bits per heavy atom. The molecule has 2 heterocycles. The van der Waals surface area contributed by atoms with E-state index in [-0.39, 0.29) is 12.0 Å². The molecule has 5 nitrogen and oxygen atoms in total. The van der Waals surface area contributed by atoms with Crippen molar-refractivity contribution in [3.63, 3.8) is 0 Å². The van der Waals surface area contributed by atoms with Gasteiger partial charge in [-0.15, -0.1) is 0 Å². The second-order valence-electron chi connectivity index (χ2n) is 9.11. The Kier molecular flexibility index (Phi) is 6.56. The molecule has 29 heavy (non-hydrogen) atoms. The number of nitrogens with one attached hydrogen (secondary N) is 1. The number of aromatic nitrogens is 2. The summed E-state index contributed by atoms with van der Waals surface area (Å²) in [5, 5.41) is 17.9. The lowest BCUT2D eigenvalue weighted by atomic mass is 9.74. The molecule has 0 radical (unpaired) electrons. The largest absolute Gasteiger partial charge is 0.497 e. The fraction of sp³-hybridized carbons (Fsp3) is 0.625. The van der Waals surface area contributed by atoms with Crippen LogP contribution in [0, 0.1) is 5.41 Å². The summed E-state index contributed by atoms with van der Waals surface area (Å²) >= 11 is 0. The zero-order valence-corrected chi connectivity index (χ0v) is 17.7. The number of piperidine rings is 1. The minimum Gasteiger partial charge on any atom is -0.497 e. The summed E-state index contributed by atoms with van der Waals surface area (Å²) in [6, 6.07) is 8.27. The van der Waals surface area contributed by atoms with Crippen LogP contribution in [0.15, 0.2) is 30.5 Å². The molecule has 2 aromatic rings. The van der Waals surface area contributed by atoms with Crippen molar-refractivity contribution in [3.8, 4) is 5.75 Å². The van der Waals surface area contributed by atoms with Crippen molar-refractivity contribution >= 4 is 0 Å². The third-order valence-electron chi connectivity index (χ3n) is 7.12. The van der Waals surface area contributed by atoms with Gasteiger partial charge in [0.05, 0.1) is 13.3 Å². The molecule has 2 N–H and O–H groups in total. The lowest BCUT2D eigenvalue weighted by Gasteiger charge is -2.41. The number of ether oxygens (including phenoxy) is 1. The van der Waals surface area contributed by atoms with Crippen molar-refractivity contribution in [1.29, 1.82) is 0 Å². The third kappa shape index (κ3) is 4.84. The highest BCUT2D eigenvalue weighted by Crippen LogP contribution is 2.37. The first-order valence-corrected chi connectivity index (χ1v) is 11.2. The predicted octanol–water partition coefficient (Wildman–Crippen LogP) is 4.28. The number of likely N-dealkylation sites (tertiary alicyclic amines) is 1. The molecule has 0 amide bonds. The monoisotopic (exact) mass is 397 g/mol. The van der Waals surface area contributed by atoms with E-state index in [0.717, 1.165) is 44.6 Å². The van der Waals surface area contributed by atoms with Gasteiger partial charge in [-0.1, -0.05) is 31.4 Å². The van der Waals surface area contributed by atoms with Crippen LogP contribution < -0.4 is 4.74 Å². The Bertz CT molecular complexity index is 774. The van der Waals surface area contributed by atoms with E-state index in [0.29, 0.717) is 5.92 Å². The molecule has 0 spiro atoms. The van der Waals surface area contributed by atoms with Gasteiger partial charge in [-0.3, -0.25) is 10.00 Å². The van der Waals surface area contributed by atoms with Crippen LogP contribution in [0.1, 0.15) is 67.7 Å². The number of H-pyrrole nitrogens is 1. The van der Waals surface area contributed by atoms with Crippen molar-refractivity contribution in [3.05, 3.63) is 47.3 Å². The zero-order valence-electron chi connectivity index (χ0n) is 17.7. The summed E-state index contributed by atoms with van der Waals surface area (Å²) in [6.45, 7) is 3.28. The number of methoxy groups -OCH3 is 1. The van der Waals surface area contributed by atoms with Gasteiger partial charge >= 0.3 is 0 Å². The molecule has 0 atom stereocenters. The Balaban J connectivity index is 1.36. The van der Waals surface area contributed by atoms with Crippen molar-refractivity contribution < 1.29 is 9.84 Å². The van der Waals surface area contributed by atoms with Crippen LogP contribution >= 0.6 is 0 Å². The lowest BCUT2D eigenvalue weighted by Crippen LogP contribution is -2.43. The molecule has 1 saturated heterocycles. The summed E-state index contributed by atoms with van der Waals surface area (Å²) in [4.78, 5) is 2.54. The highest BCUT2D eigenvalue weighted by Gasteiger charge is 2.34. The smallest absolute Gasteiger partial charge is 0.119 e. The first-order valence-electron chi connectivity index (χ1n) is 11.2. The number of benzene rings is 1. The van der Waals surface area contributed by atoms with E-state index < -0.39 is 0 Å². The Hall–Kier alpha value is -1.85. The minimum absolute atomic E-state index is 0.0224. The summed E-state index contributed by atoms with van der Waals surface area (Å²) < 4.78 is 5.37. The fourth-order valence-corrected chi connectivity index (χ4v) is 5.22. The number of nitrogens with zero attached hydrogens (tertiary/aromatic N) is 2. The van der Waals surface area contributed by atoms with Gasteiger partial charge in [0.2, 0.25) is 0 Å². The number of aliphatic hydroxyl groups excluding tert-OH is 1. The van der Waals surface area contributed by atoms with Crippen LogP contribution in [0.25, 0.3) is 0 Å². The molecule has 0 bridgehead atoms. The number of hydrogen-bond donors (Lipinski definition) is 2. The Morgan fingerprint density at radius 2 is 2.00 bits per heavy atom. The van der Waals surface area contributed by atoms with Gasteiger partial charge in [0.1, 0.15) is 5.75 Å². The van der Waals surface area contributed by atoms with Crippen LogP contribution in [0.2, 0.25) is 0 Å². The average Bonchev–Trinajstić information content (AvgIpc) is 3.24. The Labute approximate surface area is 174 Å². The number of rotatable bonds is 7. The Morgan fingerprint density at radius 3 is 2.72 bits per heavy atom. The van der Waals surface area contributed by atoms with Gasteiger partial charge in [0, 0.05) is 30.3 Å². The first-order chi connectivity index (χ1) is 14.2. The molecule has 2 fully saturated rings. The summed E-state index contributed by atoms with van der Waals surface area (Å²) in [6.07, 6.45) is 11.7. The number of aliphatic hydroxyl groups is 1. The SMILES string of the molecule is COc1cccc(CC2(CO)CCN(Cc3cn[nH]c3C3CCCCC3)CC2)c1. The van der Waals surface area contributed by atoms with Crippen LogP contribution in [0.4, 0.5) is 0 Å². The predicted molar refractivity (Wildman–Crippen MR) is 115 cm³/mol. The summed E-state index contributed by atoms with van der Waals surface area (Å²) in [5.41, 5.74) is 3.98. The highest BCUT2D eigenvalue weighted by atomic mass is 16.5. The third-order valence-corrected chi connectivity index (χ3v) is 7.12. The molecule has 158 valence electrons. The molecule has 1 aliphatic carbocycles. The number of aromatic amines is 1. The van der Waals surface area contributed by atoms with Crippen molar-refractivity contribution in [2.24, 2.45) is 5.41 Å². The van der Waals surface area contributed by atoms with Gasteiger partial charge < -0.3 is 9.84 Å². The van der Waals surface area contributed by atoms with Crippen molar-refractivity contribution in [2.45, 2.75) is 63.8 Å². The number of hydrogen-bond acceptors (Lipinski definition) is 4. The van der Waals surface area contributed by atoms with Crippen LogP contribution in [0.3, 0.4) is 0 Å². The summed E-state index contributed by atoms with van der Waals surface area (Å²) in [7, 11) is 1.71. The summed E-state index contributed by atoms with van der Waals surface area (Å²) in [5.74, 6) is 1.55. The quantitative estimate of drug-likeness (QED) is 0.732. The highest BCUT2D eigenvalue weighted by molar-refractivity contribution is 5.29. The van der Waals surface area contributed by atoms with Crippen LogP contribution in [-0.2, 0) is 13.0 Å². The second-order valence-corrected chi connectivity index (χ2v) is 9.11. The standard InChI is InChI=1S/C24H35N3O2/c1-29-22-9-5-6-19(14-22)15-24(18-28)10-12-27(13-11-24)17-21-16-25-26-23(21)20-7-3-2-4-8-20/h5-6,9,14,16,20,28H,2-4,7-8,10-13,15,17-18H2,1H3,(H,25,26). The molecule has 1 aromatic carbocycles. The molecule has 0 unspecified atom stereocenters. The van der Waals surface area contributed by atoms with E-state index >= 15 is 0 Å². The topological polar surface area (TPSA) is 61.4 Å². The van der Waals surface area contributed by atoms with E-state index in [1.807, 2.05) is 18.3 Å². The first kappa shape index (κ1) is 20.4. The van der Waals surface area contributed by atoms with E-state index in [4.69, 9.17) is 4.74 Å². The average molecular weight is 398 g/mol. The second kappa shape index (κ2) is 9.31. The van der Waals surface area contributed by atoms with Gasteiger partial charge in [0.25, 0.3) is 0 Å².